The zero-order valence-corrected chi connectivity index (χ0v) is 18.2. The van der Waals surface area contributed by atoms with Crippen molar-refractivity contribution in [2.75, 3.05) is 37.6 Å². The standard InChI is InChI=1S/C27H28N4O/c32-24-11-8-22(9-12-24)23-10-13-25-26(19-23)29-27(20-28-25)31-17-15-30(16-18-31)14-4-7-21-5-2-1-3-6-21/h1-3,5-6,8-13,19-20,32H,4,7,14-18H2. The molecule has 0 amide bonds. The molecule has 1 fully saturated rings. The molecule has 0 unspecified atom stereocenters. The Kier molecular flexibility index (Phi) is 5.99. The second-order valence-corrected chi connectivity index (χ2v) is 8.40. The van der Waals surface area contributed by atoms with Gasteiger partial charge in [0.05, 0.1) is 17.2 Å². The molecule has 0 saturated carbocycles. The molecule has 1 saturated heterocycles. The fourth-order valence-electron chi connectivity index (χ4n) is 4.34. The third-order valence-corrected chi connectivity index (χ3v) is 6.21. The van der Waals surface area contributed by atoms with Gasteiger partial charge < -0.3 is 10.0 Å². The summed E-state index contributed by atoms with van der Waals surface area (Å²) in [6.45, 7) is 5.21. The molecule has 5 rings (SSSR count). The average molecular weight is 425 g/mol. The quantitative estimate of drug-likeness (QED) is 0.484. The van der Waals surface area contributed by atoms with E-state index in [1.807, 2.05) is 24.4 Å². The third kappa shape index (κ3) is 4.73. The average Bonchev–Trinajstić information content (AvgIpc) is 2.85. The minimum atomic E-state index is 0.274. The molecule has 0 spiro atoms. The maximum atomic E-state index is 9.54. The zero-order chi connectivity index (χ0) is 21.8. The van der Waals surface area contributed by atoms with Crippen molar-refractivity contribution in [3.63, 3.8) is 0 Å². The summed E-state index contributed by atoms with van der Waals surface area (Å²) in [5.74, 6) is 1.22. The van der Waals surface area contributed by atoms with Gasteiger partial charge in [-0.05, 0) is 60.3 Å². The van der Waals surface area contributed by atoms with Crippen LogP contribution in [-0.4, -0.2) is 52.7 Å². The van der Waals surface area contributed by atoms with Crippen molar-refractivity contribution in [1.29, 1.82) is 0 Å². The van der Waals surface area contributed by atoms with E-state index in [1.165, 1.54) is 12.0 Å². The van der Waals surface area contributed by atoms with Crippen LogP contribution in [-0.2, 0) is 6.42 Å². The lowest BCUT2D eigenvalue weighted by molar-refractivity contribution is 0.254. The predicted molar refractivity (Wildman–Crippen MR) is 130 cm³/mol. The van der Waals surface area contributed by atoms with Crippen molar-refractivity contribution in [2.45, 2.75) is 12.8 Å². The third-order valence-electron chi connectivity index (χ3n) is 6.21. The summed E-state index contributed by atoms with van der Waals surface area (Å²) >= 11 is 0. The Hall–Kier alpha value is -3.44. The Labute approximate surface area is 189 Å². The first kappa shape index (κ1) is 20.5. The van der Waals surface area contributed by atoms with Gasteiger partial charge in [0.1, 0.15) is 11.6 Å². The van der Waals surface area contributed by atoms with Gasteiger partial charge in [-0.15, -0.1) is 0 Å². The lowest BCUT2D eigenvalue weighted by Gasteiger charge is -2.35. The number of hydrogen-bond acceptors (Lipinski definition) is 5. The van der Waals surface area contributed by atoms with Gasteiger partial charge in [-0.1, -0.05) is 48.5 Å². The molecule has 5 heteroatoms. The Morgan fingerprint density at radius 1 is 0.781 bits per heavy atom. The molecule has 2 heterocycles. The summed E-state index contributed by atoms with van der Waals surface area (Å²) in [4.78, 5) is 14.5. The Morgan fingerprint density at radius 2 is 1.53 bits per heavy atom. The number of aryl methyl sites for hydroxylation is 1. The second-order valence-electron chi connectivity index (χ2n) is 8.40. The first-order valence-electron chi connectivity index (χ1n) is 11.3. The summed E-state index contributed by atoms with van der Waals surface area (Å²) < 4.78 is 0. The number of aromatic nitrogens is 2. The number of benzene rings is 3. The molecule has 1 aromatic heterocycles. The highest BCUT2D eigenvalue weighted by Crippen LogP contribution is 2.26. The molecule has 3 aromatic carbocycles. The van der Waals surface area contributed by atoms with Crippen molar-refractivity contribution in [1.82, 2.24) is 14.9 Å². The topological polar surface area (TPSA) is 52.5 Å². The Balaban J connectivity index is 1.21. The lowest BCUT2D eigenvalue weighted by Crippen LogP contribution is -2.47. The summed E-state index contributed by atoms with van der Waals surface area (Å²) in [5.41, 5.74) is 5.35. The highest BCUT2D eigenvalue weighted by atomic mass is 16.3. The molecule has 0 aliphatic carbocycles. The number of aromatic hydroxyl groups is 1. The smallest absolute Gasteiger partial charge is 0.147 e. The minimum Gasteiger partial charge on any atom is -0.508 e. The number of hydrogen-bond donors (Lipinski definition) is 1. The van der Waals surface area contributed by atoms with E-state index in [4.69, 9.17) is 4.98 Å². The largest absolute Gasteiger partial charge is 0.508 e. The van der Waals surface area contributed by atoms with E-state index in [1.54, 1.807) is 12.1 Å². The number of nitrogens with zero attached hydrogens (tertiary/aromatic N) is 4. The van der Waals surface area contributed by atoms with Crippen LogP contribution in [0.25, 0.3) is 22.2 Å². The van der Waals surface area contributed by atoms with Crippen LogP contribution >= 0.6 is 0 Å². The van der Waals surface area contributed by atoms with Crippen molar-refractivity contribution >= 4 is 16.9 Å². The normalized spacial score (nSPS) is 14.7. The van der Waals surface area contributed by atoms with Gasteiger partial charge in [0, 0.05) is 26.2 Å². The lowest BCUT2D eigenvalue weighted by atomic mass is 10.0. The van der Waals surface area contributed by atoms with Gasteiger partial charge in [-0.3, -0.25) is 9.88 Å². The van der Waals surface area contributed by atoms with Gasteiger partial charge in [0.2, 0.25) is 0 Å². The molecule has 0 atom stereocenters. The summed E-state index contributed by atoms with van der Waals surface area (Å²) in [7, 11) is 0. The van der Waals surface area contributed by atoms with Crippen molar-refractivity contribution < 1.29 is 5.11 Å². The highest BCUT2D eigenvalue weighted by Gasteiger charge is 2.18. The van der Waals surface area contributed by atoms with E-state index < -0.39 is 0 Å². The second kappa shape index (κ2) is 9.37. The van der Waals surface area contributed by atoms with Crippen molar-refractivity contribution in [2.24, 2.45) is 0 Å². The van der Waals surface area contributed by atoms with Gasteiger partial charge >= 0.3 is 0 Å². The molecule has 1 N–H and O–H groups in total. The molecule has 1 aliphatic rings. The number of anilines is 1. The highest BCUT2D eigenvalue weighted by molar-refractivity contribution is 5.82. The molecular weight excluding hydrogens is 396 g/mol. The monoisotopic (exact) mass is 424 g/mol. The van der Waals surface area contributed by atoms with Crippen molar-refractivity contribution in [3.8, 4) is 16.9 Å². The fraction of sp³-hybridized carbons (Fsp3) is 0.259. The SMILES string of the molecule is Oc1ccc(-c2ccc3ncc(N4CCN(CCCc5ccccc5)CC4)nc3c2)cc1. The number of rotatable bonds is 6. The van der Waals surface area contributed by atoms with Crippen LogP contribution in [0.2, 0.25) is 0 Å². The van der Waals surface area contributed by atoms with Crippen LogP contribution in [0, 0.1) is 0 Å². The van der Waals surface area contributed by atoms with Crippen molar-refractivity contribution in [3.05, 3.63) is 84.6 Å². The van der Waals surface area contributed by atoms with Gasteiger partial charge in [-0.2, -0.15) is 0 Å². The van der Waals surface area contributed by atoms with Gasteiger partial charge in [-0.25, -0.2) is 4.98 Å². The van der Waals surface area contributed by atoms with E-state index in [9.17, 15) is 5.11 Å². The molecule has 0 radical (unpaired) electrons. The number of phenols is 1. The zero-order valence-electron chi connectivity index (χ0n) is 18.2. The van der Waals surface area contributed by atoms with E-state index in [0.29, 0.717) is 0 Å². The maximum Gasteiger partial charge on any atom is 0.147 e. The van der Waals surface area contributed by atoms with Gasteiger partial charge in [0.15, 0.2) is 0 Å². The summed E-state index contributed by atoms with van der Waals surface area (Å²) in [5, 5.41) is 9.54. The number of piperazine rings is 1. The van der Waals surface area contributed by atoms with Crippen LogP contribution < -0.4 is 4.90 Å². The van der Waals surface area contributed by atoms with E-state index >= 15 is 0 Å². The minimum absolute atomic E-state index is 0.274. The van der Waals surface area contributed by atoms with Crippen LogP contribution in [0.3, 0.4) is 0 Å². The molecule has 162 valence electrons. The van der Waals surface area contributed by atoms with Crippen LogP contribution in [0.4, 0.5) is 5.82 Å². The summed E-state index contributed by atoms with van der Waals surface area (Å²) in [6, 6.07) is 24.1. The number of phenolic OH excluding ortho intramolecular Hbond substituents is 1. The molecule has 4 aromatic rings. The first-order valence-corrected chi connectivity index (χ1v) is 11.3. The molecule has 0 bridgehead atoms. The Bertz CT molecular complexity index is 1170. The summed E-state index contributed by atoms with van der Waals surface area (Å²) in [6.07, 6.45) is 4.23. The van der Waals surface area contributed by atoms with Gasteiger partial charge in [0.25, 0.3) is 0 Å². The van der Waals surface area contributed by atoms with E-state index in [2.05, 4.69) is 57.2 Å². The molecule has 32 heavy (non-hydrogen) atoms. The van der Waals surface area contributed by atoms with E-state index in [0.717, 1.165) is 67.1 Å². The molecule has 5 nitrogen and oxygen atoms in total. The molecule has 1 aliphatic heterocycles. The fourth-order valence-corrected chi connectivity index (χ4v) is 4.34. The Morgan fingerprint density at radius 3 is 2.31 bits per heavy atom. The maximum absolute atomic E-state index is 9.54. The van der Waals surface area contributed by atoms with Crippen LogP contribution in [0.15, 0.2) is 79.0 Å². The first-order chi connectivity index (χ1) is 15.7. The predicted octanol–water partition coefficient (Wildman–Crippen LogP) is 4.76. The van der Waals surface area contributed by atoms with E-state index in [-0.39, 0.29) is 5.75 Å². The number of fused-ring (bicyclic) bond motifs is 1. The van der Waals surface area contributed by atoms with Crippen LogP contribution in [0.5, 0.6) is 5.75 Å². The molecular formula is C27H28N4O. The van der Waals surface area contributed by atoms with Crippen LogP contribution in [0.1, 0.15) is 12.0 Å².